The van der Waals surface area contributed by atoms with Gasteiger partial charge in [0.1, 0.15) is 5.75 Å². The standard InChI is InChI=1S/C25H29ClF3NO2/c26-21-14-19(16-30-17-21)6-1-2-9-23(12-13-31-24(18-23)10-3-4-11-24)20-7-5-8-22(15-20)32-25(27,28)29/h5,7-8,14-17H,1-4,6,9-13,18H2/t23-/m1/s1. The van der Waals surface area contributed by atoms with Crippen LogP contribution in [-0.4, -0.2) is 23.6 Å². The zero-order chi connectivity index (χ0) is 22.7. The van der Waals surface area contributed by atoms with Crippen molar-refractivity contribution in [3.8, 4) is 5.75 Å². The number of aryl methyl sites for hydroxylation is 1. The fraction of sp³-hybridized carbons (Fsp3) is 0.560. The van der Waals surface area contributed by atoms with Crippen molar-refractivity contribution in [2.75, 3.05) is 6.61 Å². The molecule has 0 amide bonds. The van der Waals surface area contributed by atoms with Gasteiger partial charge in [-0.25, -0.2) is 0 Å². The maximum atomic E-state index is 12.8. The van der Waals surface area contributed by atoms with Crippen molar-refractivity contribution in [2.24, 2.45) is 0 Å². The van der Waals surface area contributed by atoms with Gasteiger partial charge >= 0.3 is 6.36 Å². The number of nitrogens with zero attached hydrogens (tertiary/aromatic N) is 1. The number of halogens is 4. The van der Waals surface area contributed by atoms with Gasteiger partial charge in [-0.2, -0.15) is 0 Å². The fourth-order valence-electron chi connectivity index (χ4n) is 5.57. The van der Waals surface area contributed by atoms with E-state index >= 15 is 0 Å². The number of hydrogen-bond acceptors (Lipinski definition) is 3. The van der Waals surface area contributed by atoms with Crippen molar-refractivity contribution in [1.82, 2.24) is 4.98 Å². The minimum atomic E-state index is -4.70. The third kappa shape index (κ3) is 5.76. The number of hydrogen-bond donors (Lipinski definition) is 0. The maximum absolute atomic E-state index is 12.8. The number of unbranched alkanes of at least 4 members (excludes halogenated alkanes) is 1. The second kappa shape index (κ2) is 9.60. The minimum Gasteiger partial charge on any atom is -0.406 e. The Labute approximate surface area is 192 Å². The van der Waals surface area contributed by atoms with Gasteiger partial charge in [-0.3, -0.25) is 4.98 Å². The zero-order valence-electron chi connectivity index (χ0n) is 18.1. The Morgan fingerprint density at radius 2 is 1.88 bits per heavy atom. The molecule has 0 N–H and O–H groups in total. The van der Waals surface area contributed by atoms with Crippen LogP contribution in [0.2, 0.25) is 5.02 Å². The third-order valence-electron chi connectivity index (χ3n) is 6.98. The molecule has 1 aromatic carbocycles. The Balaban J connectivity index is 1.53. The topological polar surface area (TPSA) is 31.4 Å². The molecule has 7 heteroatoms. The average molecular weight is 468 g/mol. The molecule has 1 aliphatic carbocycles. The van der Waals surface area contributed by atoms with Gasteiger partial charge in [0.15, 0.2) is 0 Å². The highest BCUT2D eigenvalue weighted by Crippen LogP contribution is 2.51. The summed E-state index contributed by atoms with van der Waals surface area (Å²) in [6.07, 6.45) is 8.50. The molecule has 1 aromatic heterocycles. The lowest BCUT2D eigenvalue weighted by molar-refractivity contribution is -0.274. The number of aromatic nitrogens is 1. The zero-order valence-corrected chi connectivity index (χ0v) is 18.9. The van der Waals surface area contributed by atoms with E-state index in [0.29, 0.717) is 11.6 Å². The van der Waals surface area contributed by atoms with E-state index in [1.807, 2.05) is 18.3 Å². The van der Waals surface area contributed by atoms with Gasteiger partial charge in [0.25, 0.3) is 0 Å². The number of rotatable bonds is 7. The van der Waals surface area contributed by atoms with Gasteiger partial charge in [0.05, 0.1) is 10.6 Å². The molecule has 3 nitrogen and oxygen atoms in total. The molecule has 174 valence electrons. The number of alkyl halides is 3. The normalized spacial score (nSPS) is 22.9. The van der Waals surface area contributed by atoms with Crippen molar-refractivity contribution in [3.05, 3.63) is 58.9 Å². The first-order valence-corrected chi connectivity index (χ1v) is 11.8. The maximum Gasteiger partial charge on any atom is 0.573 e. The molecule has 0 bridgehead atoms. The van der Waals surface area contributed by atoms with Crippen LogP contribution in [0.25, 0.3) is 0 Å². The lowest BCUT2D eigenvalue weighted by Gasteiger charge is -2.47. The minimum absolute atomic E-state index is 0.143. The van der Waals surface area contributed by atoms with Crippen LogP contribution in [0.15, 0.2) is 42.7 Å². The van der Waals surface area contributed by atoms with E-state index in [0.717, 1.165) is 75.3 Å². The molecule has 2 aliphatic rings. The molecule has 0 radical (unpaired) electrons. The predicted octanol–water partition coefficient (Wildman–Crippen LogP) is 7.41. The first kappa shape index (κ1) is 23.4. The predicted molar refractivity (Wildman–Crippen MR) is 118 cm³/mol. The van der Waals surface area contributed by atoms with Crippen molar-refractivity contribution < 1.29 is 22.6 Å². The van der Waals surface area contributed by atoms with Gasteiger partial charge in [-0.05, 0) is 74.3 Å². The smallest absolute Gasteiger partial charge is 0.406 e. The molecular formula is C25H29ClF3NO2. The van der Waals surface area contributed by atoms with Crippen LogP contribution in [0, 0.1) is 0 Å². The number of benzene rings is 1. The van der Waals surface area contributed by atoms with Gasteiger partial charge in [-0.15, -0.1) is 13.2 Å². The number of ether oxygens (including phenoxy) is 2. The SMILES string of the molecule is FC(F)(F)Oc1cccc([C@]2(CCCCc3cncc(Cl)c3)CCOC3(CCCC3)C2)c1. The molecule has 1 saturated carbocycles. The van der Waals surface area contributed by atoms with Crippen LogP contribution in [0.3, 0.4) is 0 Å². The summed E-state index contributed by atoms with van der Waals surface area (Å²) >= 11 is 6.04. The summed E-state index contributed by atoms with van der Waals surface area (Å²) in [5.41, 5.74) is 1.68. The highest BCUT2D eigenvalue weighted by atomic mass is 35.5. The summed E-state index contributed by atoms with van der Waals surface area (Å²) in [4.78, 5) is 4.15. The van der Waals surface area contributed by atoms with Gasteiger partial charge in [0, 0.05) is 24.4 Å². The van der Waals surface area contributed by atoms with Crippen LogP contribution < -0.4 is 4.74 Å². The van der Waals surface area contributed by atoms with Crippen molar-refractivity contribution in [2.45, 2.75) is 81.6 Å². The Morgan fingerprint density at radius 1 is 1.06 bits per heavy atom. The fourth-order valence-corrected chi connectivity index (χ4v) is 5.77. The van der Waals surface area contributed by atoms with Crippen molar-refractivity contribution in [3.63, 3.8) is 0 Å². The number of pyridine rings is 1. The molecule has 4 rings (SSSR count). The summed E-state index contributed by atoms with van der Waals surface area (Å²) in [6.45, 7) is 0.641. The molecule has 2 aromatic rings. The lowest BCUT2D eigenvalue weighted by atomic mass is 9.65. The Hall–Kier alpha value is -1.79. The van der Waals surface area contributed by atoms with E-state index in [9.17, 15) is 13.2 Å². The molecule has 1 aliphatic heterocycles. The van der Waals surface area contributed by atoms with Crippen LogP contribution in [-0.2, 0) is 16.6 Å². The Kier molecular flexibility index (Phi) is 7.01. The molecule has 32 heavy (non-hydrogen) atoms. The molecule has 1 spiro atoms. The second-order valence-corrected chi connectivity index (χ2v) is 9.68. The molecular weight excluding hydrogens is 439 g/mol. The van der Waals surface area contributed by atoms with E-state index in [2.05, 4.69) is 9.72 Å². The van der Waals surface area contributed by atoms with E-state index in [4.69, 9.17) is 16.3 Å². The second-order valence-electron chi connectivity index (χ2n) is 9.24. The highest BCUT2D eigenvalue weighted by Gasteiger charge is 2.47. The largest absolute Gasteiger partial charge is 0.573 e. The third-order valence-corrected chi connectivity index (χ3v) is 7.18. The first-order valence-electron chi connectivity index (χ1n) is 11.4. The van der Waals surface area contributed by atoms with Crippen LogP contribution in [0.4, 0.5) is 13.2 Å². The molecule has 1 atom stereocenters. The molecule has 0 unspecified atom stereocenters. The summed E-state index contributed by atoms with van der Waals surface area (Å²) in [7, 11) is 0. The van der Waals surface area contributed by atoms with E-state index in [-0.39, 0.29) is 16.8 Å². The van der Waals surface area contributed by atoms with E-state index < -0.39 is 6.36 Å². The highest BCUT2D eigenvalue weighted by molar-refractivity contribution is 6.30. The summed E-state index contributed by atoms with van der Waals surface area (Å²) in [6, 6.07) is 8.53. The van der Waals surface area contributed by atoms with Crippen LogP contribution >= 0.6 is 11.6 Å². The first-order chi connectivity index (χ1) is 15.3. The monoisotopic (exact) mass is 467 g/mol. The summed E-state index contributed by atoms with van der Waals surface area (Å²) < 4.78 is 49.0. The Bertz CT molecular complexity index is 914. The van der Waals surface area contributed by atoms with Crippen LogP contribution in [0.1, 0.15) is 68.9 Å². The van der Waals surface area contributed by atoms with Gasteiger partial charge in [0.2, 0.25) is 0 Å². The molecule has 2 fully saturated rings. The molecule has 1 saturated heterocycles. The van der Waals surface area contributed by atoms with E-state index in [1.165, 1.54) is 6.07 Å². The quantitative estimate of drug-likeness (QED) is 0.397. The lowest BCUT2D eigenvalue weighted by Crippen LogP contribution is -2.46. The van der Waals surface area contributed by atoms with Crippen molar-refractivity contribution in [1.29, 1.82) is 0 Å². The van der Waals surface area contributed by atoms with Crippen molar-refractivity contribution >= 4 is 11.6 Å². The van der Waals surface area contributed by atoms with E-state index in [1.54, 1.807) is 18.3 Å². The summed E-state index contributed by atoms with van der Waals surface area (Å²) in [5, 5.41) is 0.632. The van der Waals surface area contributed by atoms with Crippen LogP contribution in [0.5, 0.6) is 5.75 Å². The molecule has 2 heterocycles. The summed E-state index contributed by atoms with van der Waals surface area (Å²) in [5.74, 6) is -0.147. The Morgan fingerprint density at radius 3 is 2.62 bits per heavy atom. The average Bonchev–Trinajstić information content (AvgIpc) is 3.17. The van der Waals surface area contributed by atoms with Gasteiger partial charge < -0.3 is 9.47 Å². The van der Waals surface area contributed by atoms with Gasteiger partial charge in [-0.1, -0.05) is 43.0 Å².